The number of para-hydroxylation sites is 2. The number of rotatable bonds is 4. The average molecular weight is 359 g/mol. The Balaban J connectivity index is 1.73. The first kappa shape index (κ1) is 18.2. The second-order valence-electron chi connectivity index (χ2n) is 7.46. The van der Waals surface area contributed by atoms with Crippen molar-refractivity contribution in [1.29, 1.82) is 0 Å². The number of benzene rings is 1. The highest BCUT2D eigenvalue weighted by molar-refractivity contribution is 5.68. The maximum atomic E-state index is 12.1. The Morgan fingerprint density at radius 2 is 1.85 bits per heavy atom. The van der Waals surface area contributed by atoms with Crippen molar-refractivity contribution in [1.82, 2.24) is 20.3 Å². The quantitative estimate of drug-likeness (QED) is 0.773. The highest BCUT2D eigenvalue weighted by atomic mass is 16.6. The molecule has 0 aliphatic heterocycles. The monoisotopic (exact) mass is 359 g/mol. The van der Waals surface area contributed by atoms with Crippen LogP contribution in [-0.4, -0.2) is 50.0 Å². The Bertz CT molecular complexity index is 742. The summed E-state index contributed by atoms with van der Waals surface area (Å²) in [7, 11) is 0. The van der Waals surface area contributed by atoms with Gasteiger partial charge in [-0.1, -0.05) is 12.1 Å². The summed E-state index contributed by atoms with van der Waals surface area (Å²) in [6, 6.07) is 7.28. The zero-order valence-electron chi connectivity index (χ0n) is 15.2. The number of aliphatic hydroxyl groups excluding tert-OH is 1. The molecule has 0 saturated heterocycles. The zero-order valence-corrected chi connectivity index (χ0v) is 15.2. The van der Waals surface area contributed by atoms with Crippen LogP contribution >= 0.6 is 0 Å². The number of aromatic nitrogens is 3. The Morgan fingerprint density at radius 3 is 2.54 bits per heavy atom. The lowest BCUT2D eigenvalue weighted by Crippen LogP contribution is -2.45. The zero-order chi connectivity index (χ0) is 18.7. The van der Waals surface area contributed by atoms with E-state index < -0.39 is 17.8 Å². The van der Waals surface area contributed by atoms with Gasteiger partial charge in [0.2, 0.25) is 0 Å². The highest BCUT2D eigenvalue weighted by Gasteiger charge is 2.35. The van der Waals surface area contributed by atoms with Crippen LogP contribution in [0.1, 0.15) is 33.6 Å². The van der Waals surface area contributed by atoms with Gasteiger partial charge in [-0.25, -0.2) is 4.79 Å². The minimum atomic E-state index is -0.567. The fourth-order valence-electron chi connectivity index (χ4n) is 3.10. The SMILES string of the molecule is CC(C)(C)OC(=O)NC1CC(O)CC1Nc1ccccc1-n1nccn1. The van der Waals surface area contributed by atoms with E-state index in [0.29, 0.717) is 12.8 Å². The van der Waals surface area contributed by atoms with Crippen molar-refractivity contribution in [3.63, 3.8) is 0 Å². The number of aliphatic hydroxyl groups is 1. The van der Waals surface area contributed by atoms with Gasteiger partial charge < -0.3 is 20.5 Å². The van der Waals surface area contributed by atoms with Crippen molar-refractivity contribution in [2.75, 3.05) is 5.32 Å². The Hall–Kier alpha value is -2.61. The minimum Gasteiger partial charge on any atom is -0.444 e. The van der Waals surface area contributed by atoms with Crippen molar-refractivity contribution < 1.29 is 14.6 Å². The molecule has 3 N–H and O–H groups in total. The Kier molecular flexibility index (Phi) is 5.13. The lowest BCUT2D eigenvalue weighted by molar-refractivity contribution is 0.0500. The maximum Gasteiger partial charge on any atom is 0.407 e. The van der Waals surface area contributed by atoms with E-state index >= 15 is 0 Å². The second kappa shape index (κ2) is 7.33. The summed E-state index contributed by atoms with van der Waals surface area (Å²) in [5, 5.41) is 24.7. The Labute approximate surface area is 152 Å². The van der Waals surface area contributed by atoms with Crippen LogP contribution in [0.3, 0.4) is 0 Å². The molecular formula is C18H25N5O3. The third-order valence-electron chi connectivity index (χ3n) is 4.12. The van der Waals surface area contributed by atoms with Crippen LogP contribution in [0.25, 0.3) is 5.69 Å². The summed E-state index contributed by atoms with van der Waals surface area (Å²) >= 11 is 0. The van der Waals surface area contributed by atoms with Gasteiger partial charge in [-0.15, -0.1) is 4.80 Å². The van der Waals surface area contributed by atoms with Crippen LogP contribution in [0.5, 0.6) is 0 Å². The van der Waals surface area contributed by atoms with Gasteiger partial charge in [0.05, 0.1) is 30.2 Å². The fourth-order valence-corrected chi connectivity index (χ4v) is 3.10. The predicted octanol–water partition coefficient (Wildman–Crippen LogP) is 2.10. The largest absolute Gasteiger partial charge is 0.444 e. The number of ether oxygens (including phenoxy) is 1. The summed E-state index contributed by atoms with van der Waals surface area (Å²) in [5.74, 6) is 0. The molecular weight excluding hydrogens is 334 g/mol. The van der Waals surface area contributed by atoms with Gasteiger partial charge in [0.25, 0.3) is 0 Å². The number of anilines is 1. The van der Waals surface area contributed by atoms with Gasteiger partial charge in [-0.05, 0) is 45.7 Å². The van der Waals surface area contributed by atoms with Gasteiger partial charge in [-0.2, -0.15) is 10.2 Å². The van der Waals surface area contributed by atoms with Crippen molar-refractivity contribution in [3.8, 4) is 5.69 Å². The maximum absolute atomic E-state index is 12.1. The molecule has 1 heterocycles. The second-order valence-corrected chi connectivity index (χ2v) is 7.46. The van der Waals surface area contributed by atoms with Crippen LogP contribution < -0.4 is 10.6 Å². The molecule has 0 radical (unpaired) electrons. The van der Waals surface area contributed by atoms with E-state index in [1.165, 1.54) is 4.80 Å². The van der Waals surface area contributed by atoms with Crippen molar-refractivity contribution >= 4 is 11.8 Å². The summed E-state index contributed by atoms with van der Waals surface area (Å²) in [6.45, 7) is 5.46. The predicted molar refractivity (Wildman–Crippen MR) is 97.2 cm³/mol. The highest BCUT2D eigenvalue weighted by Crippen LogP contribution is 2.27. The van der Waals surface area contributed by atoms with Gasteiger partial charge in [-0.3, -0.25) is 0 Å². The van der Waals surface area contributed by atoms with Crippen molar-refractivity contribution in [3.05, 3.63) is 36.7 Å². The molecule has 140 valence electrons. The minimum absolute atomic E-state index is 0.130. The van der Waals surface area contributed by atoms with Crippen molar-refractivity contribution in [2.45, 2.75) is 57.4 Å². The molecule has 1 fully saturated rings. The molecule has 8 heteroatoms. The summed E-state index contributed by atoms with van der Waals surface area (Å²) in [6.07, 6.45) is 3.26. The fraction of sp³-hybridized carbons (Fsp3) is 0.500. The van der Waals surface area contributed by atoms with E-state index in [4.69, 9.17) is 4.74 Å². The first-order valence-corrected chi connectivity index (χ1v) is 8.71. The number of nitrogens with one attached hydrogen (secondary N) is 2. The van der Waals surface area contributed by atoms with Crippen LogP contribution in [0.15, 0.2) is 36.7 Å². The molecule has 26 heavy (non-hydrogen) atoms. The third-order valence-corrected chi connectivity index (χ3v) is 4.12. The molecule has 0 spiro atoms. The number of hydrogen-bond acceptors (Lipinski definition) is 6. The molecule has 3 unspecified atom stereocenters. The van der Waals surface area contributed by atoms with E-state index in [2.05, 4.69) is 20.8 Å². The number of carbonyl (C=O) groups excluding carboxylic acids is 1. The summed E-state index contributed by atoms with van der Waals surface area (Å²) in [5.41, 5.74) is 1.07. The first-order chi connectivity index (χ1) is 12.3. The molecule has 1 saturated carbocycles. The van der Waals surface area contributed by atoms with Gasteiger partial charge >= 0.3 is 6.09 Å². The molecule has 1 amide bonds. The molecule has 0 bridgehead atoms. The van der Waals surface area contributed by atoms with Crippen LogP contribution in [0.2, 0.25) is 0 Å². The number of nitrogens with zero attached hydrogens (tertiary/aromatic N) is 3. The molecule has 3 atom stereocenters. The van der Waals surface area contributed by atoms with Gasteiger partial charge in [0, 0.05) is 6.04 Å². The molecule has 3 rings (SSSR count). The van der Waals surface area contributed by atoms with Crippen LogP contribution in [0, 0.1) is 0 Å². The molecule has 1 aromatic heterocycles. The van der Waals surface area contributed by atoms with Crippen LogP contribution in [0.4, 0.5) is 10.5 Å². The molecule has 8 nitrogen and oxygen atoms in total. The lowest BCUT2D eigenvalue weighted by atomic mass is 10.1. The van der Waals surface area contributed by atoms with Gasteiger partial charge in [0.1, 0.15) is 11.3 Å². The van der Waals surface area contributed by atoms with E-state index in [0.717, 1.165) is 11.4 Å². The number of alkyl carbamates (subject to hydrolysis) is 1. The summed E-state index contributed by atoms with van der Waals surface area (Å²) < 4.78 is 5.33. The molecule has 1 aliphatic rings. The third kappa shape index (κ3) is 4.51. The Morgan fingerprint density at radius 1 is 1.19 bits per heavy atom. The number of amides is 1. The van der Waals surface area contributed by atoms with Gasteiger partial charge in [0.15, 0.2) is 0 Å². The van der Waals surface area contributed by atoms with Crippen LogP contribution in [-0.2, 0) is 4.74 Å². The molecule has 1 aromatic carbocycles. The number of carbonyl (C=O) groups is 1. The van der Waals surface area contributed by atoms with E-state index in [9.17, 15) is 9.90 Å². The molecule has 1 aliphatic carbocycles. The molecule has 2 aromatic rings. The lowest BCUT2D eigenvalue weighted by Gasteiger charge is -2.26. The normalized spacial score (nSPS) is 22.8. The number of hydrogen-bond donors (Lipinski definition) is 3. The average Bonchev–Trinajstić information content (AvgIpc) is 3.16. The topological polar surface area (TPSA) is 101 Å². The van der Waals surface area contributed by atoms with E-state index in [1.54, 1.807) is 12.4 Å². The smallest absolute Gasteiger partial charge is 0.407 e. The summed E-state index contributed by atoms with van der Waals surface area (Å²) in [4.78, 5) is 13.6. The van der Waals surface area contributed by atoms with E-state index in [1.807, 2.05) is 45.0 Å². The standard InChI is InChI=1S/C18H25N5O3/c1-18(2,3)26-17(25)22-15-11-12(24)10-14(15)21-13-6-4-5-7-16(13)23-19-8-9-20-23/h4-9,12,14-15,21,24H,10-11H2,1-3H3,(H,22,25). The van der Waals surface area contributed by atoms with E-state index in [-0.39, 0.29) is 12.1 Å². The van der Waals surface area contributed by atoms with Crippen molar-refractivity contribution in [2.24, 2.45) is 0 Å². The first-order valence-electron chi connectivity index (χ1n) is 8.71.